The molecule has 0 aliphatic carbocycles. The summed E-state index contributed by atoms with van der Waals surface area (Å²) < 4.78 is 6.31. The van der Waals surface area contributed by atoms with Crippen LogP contribution >= 0.6 is 0 Å². The normalized spacial score (nSPS) is 11.4. The highest BCUT2D eigenvalue weighted by Crippen LogP contribution is 2.39. The first-order valence-electron chi connectivity index (χ1n) is 14.4. The van der Waals surface area contributed by atoms with Gasteiger partial charge in [0.25, 0.3) is 0 Å². The molecule has 0 heterocycles. The Balaban J connectivity index is 1.38. The van der Waals surface area contributed by atoms with Crippen LogP contribution in [0, 0.1) is 27.7 Å². The molecule has 0 fully saturated rings. The van der Waals surface area contributed by atoms with Crippen LogP contribution in [0.2, 0.25) is 0 Å². The van der Waals surface area contributed by atoms with E-state index in [1.165, 1.54) is 11.1 Å². The molecule has 5 rings (SSSR count). The molecule has 2 N–H and O–H groups in total. The van der Waals surface area contributed by atoms with E-state index in [2.05, 4.69) is 86.3 Å². The molecular weight excluding hydrogens is 518 g/mol. The summed E-state index contributed by atoms with van der Waals surface area (Å²) in [4.78, 5) is 2.25. The van der Waals surface area contributed by atoms with Crippen molar-refractivity contribution in [2.75, 3.05) is 11.5 Å². The molecule has 0 aliphatic rings. The number of phenolic OH excluding ortho intramolecular Hbond substituents is 2. The van der Waals surface area contributed by atoms with Crippen molar-refractivity contribution >= 4 is 17.1 Å². The van der Waals surface area contributed by atoms with E-state index in [1.54, 1.807) is 12.1 Å². The maximum atomic E-state index is 10.2. The van der Waals surface area contributed by atoms with Crippen molar-refractivity contribution in [3.63, 3.8) is 0 Å². The predicted octanol–water partition coefficient (Wildman–Crippen LogP) is 9.58. The summed E-state index contributed by atoms with van der Waals surface area (Å²) in [6, 6.07) is 36.9. The van der Waals surface area contributed by atoms with Gasteiger partial charge in [-0.1, -0.05) is 66.6 Å². The van der Waals surface area contributed by atoms with Crippen LogP contribution in [0.4, 0.5) is 17.1 Å². The number of hydrogen-bond donors (Lipinski definition) is 2. The largest absolute Gasteiger partial charge is 0.508 e. The third kappa shape index (κ3) is 6.13. The van der Waals surface area contributed by atoms with Gasteiger partial charge in [0.15, 0.2) is 0 Å². The van der Waals surface area contributed by atoms with E-state index in [0.717, 1.165) is 45.1 Å². The van der Waals surface area contributed by atoms with E-state index in [9.17, 15) is 10.2 Å². The van der Waals surface area contributed by atoms with Crippen molar-refractivity contribution in [1.29, 1.82) is 0 Å². The molecule has 0 saturated heterocycles. The van der Waals surface area contributed by atoms with Gasteiger partial charge in [0, 0.05) is 22.5 Å². The topological polar surface area (TPSA) is 52.9 Å². The lowest BCUT2D eigenvalue weighted by Gasteiger charge is -2.32. The van der Waals surface area contributed by atoms with Gasteiger partial charge in [0.1, 0.15) is 17.2 Å². The minimum absolute atomic E-state index is 0.282. The number of anilines is 3. The highest BCUT2D eigenvalue weighted by atomic mass is 16.5. The molecule has 214 valence electrons. The molecule has 4 heteroatoms. The third-order valence-electron chi connectivity index (χ3n) is 8.22. The zero-order valence-electron chi connectivity index (χ0n) is 25.1. The number of aryl methyl sites for hydroxylation is 4. The second-order valence-electron chi connectivity index (χ2n) is 11.4. The Hall–Kier alpha value is -4.70. The first kappa shape index (κ1) is 28.8. The standard InChI is InChI=1S/C38H39NO3/c1-26-6-12-32(13-7-26)39(33-14-8-27(2)9-15-33)34-16-18-35(19-17-34)42-23-22-38(5,30-10-20-36(40)28(3)24-30)31-11-21-37(41)29(4)25-31/h6-21,24-25,40-41H,22-23H2,1-5H3. The zero-order chi connectivity index (χ0) is 29.9. The number of hydrogen-bond acceptors (Lipinski definition) is 4. The van der Waals surface area contributed by atoms with Gasteiger partial charge in [-0.25, -0.2) is 0 Å². The number of aromatic hydroxyl groups is 2. The molecule has 0 aromatic heterocycles. The van der Waals surface area contributed by atoms with Gasteiger partial charge >= 0.3 is 0 Å². The van der Waals surface area contributed by atoms with E-state index >= 15 is 0 Å². The fraction of sp³-hybridized carbons (Fsp3) is 0.211. The Morgan fingerprint density at radius 3 is 1.38 bits per heavy atom. The van der Waals surface area contributed by atoms with Crippen molar-refractivity contribution in [2.45, 2.75) is 46.5 Å². The minimum Gasteiger partial charge on any atom is -0.508 e. The molecule has 4 nitrogen and oxygen atoms in total. The van der Waals surface area contributed by atoms with Crippen molar-refractivity contribution in [1.82, 2.24) is 0 Å². The van der Waals surface area contributed by atoms with E-state index in [4.69, 9.17) is 4.74 Å². The van der Waals surface area contributed by atoms with E-state index < -0.39 is 0 Å². The second-order valence-corrected chi connectivity index (χ2v) is 11.4. The Morgan fingerprint density at radius 1 is 0.571 bits per heavy atom. The zero-order valence-corrected chi connectivity index (χ0v) is 25.1. The van der Waals surface area contributed by atoms with Crippen molar-refractivity contribution < 1.29 is 14.9 Å². The fourth-order valence-corrected chi connectivity index (χ4v) is 5.35. The second kappa shape index (κ2) is 12.0. The van der Waals surface area contributed by atoms with Gasteiger partial charge in [-0.2, -0.15) is 0 Å². The minimum atomic E-state index is -0.384. The van der Waals surface area contributed by atoms with Gasteiger partial charge in [0.05, 0.1) is 6.61 Å². The molecule has 5 aromatic rings. The molecule has 42 heavy (non-hydrogen) atoms. The van der Waals surface area contributed by atoms with Gasteiger partial charge in [-0.05, 0) is 117 Å². The maximum absolute atomic E-state index is 10.2. The Morgan fingerprint density at radius 2 is 0.976 bits per heavy atom. The Labute approximate surface area is 249 Å². The summed E-state index contributed by atoms with van der Waals surface area (Å²) >= 11 is 0. The molecule has 0 amide bonds. The highest BCUT2D eigenvalue weighted by molar-refractivity contribution is 5.76. The molecule has 0 saturated carbocycles. The smallest absolute Gasteiger partial charge is 0.119 e. The quantitative estimate of drug-likeness (QED) is 0.189. The molecule has 0 unspecified atom stereocenters. The van der Waals surface area contributed by atoms with Crippen molar-refractivity contribution in [3.05, 3.63) is 143 Å². The number of ether oxygens (including phenoxy) is 1. The van der Waals surface area contributed by atoms with Gasteiger partial charge < -0.3 is 19.8 Å². The molecule has 0 atom stereocenters. The lowest BCUT2D eigenvalue weighted by molar-refractivity contribution is 0.280. The van der Waals surface area contributed by atoms with Crippen LogP contribution in [0.3, 0.4) is 0 Å². The molecule has 5 aromatic carbocycles. The molecule has 0 bridgehead atoms. The van der Waals surface area contributed by atoms with Crippen LogP contribution in [-0.4, -0.2) is 16.8 Å². The summed E-state index contributed by atoms with van der Waals surface area (Å²) in [7, 11) is 0. The molecule has 0 radical (unpaired) electrons. The fourth-order valence-electron chi connectivity index (χ4n) is 5.35. The molecule has 0 aliphatic heterocycles. The summed E-state index contributed by atoms with van der Waals surface area (Å²) in [5.41, 5.74) is 9.16. The van der Waals surface area contributed by atoms with Crippen molar-refractivity contribution in [2.24, 2.45) is 0 Å². The van der Waals surface area contributed by atoms with Crippen LogP contribution in [0.25, 0.3) is 0 Å². The average Bonchev–Trinajstić information content (AvgIpc) is 2.98. The van der Waals surface area contributed by atoms with Gasteiger partial charge in [0.2, 0.25) is 0 Å². The maximum Gasteiger partial charge on any atom is 0.119 e. The predicted molar refractivity (Wildman–Crippen MR) is 173 cm³/mol. The lowest BCUT2D eigenvalue weighted by atomic mass is 9.73. The Bertz CT molecular complexity index is 1560. The van der Waals surface area contributed by atoms with E-state index in [1.807, 2.05) is 50.2 Å². The highest BCUT2D eigenvalue weighted by Gasteiger charge is 2.30. The molecule has 0 spiro atoms. The summed E-state index contributed by atoms with van der Waals surface area (Å²) in [5, 5.41) is 20.3. The Kier molecular flexibility index (Phi) is 8.26. The van der Waals surface area contributed by atoms with E-state index in [0.29, 0.717) is 13.0 Å². The summed E-state index contributed by atoms with van der Waals surface area (Å²) in [6.07, 6.45) is 0.710. The average molecular weight is 558 g/mol. The SMILES string of the molecule is Cc1ccc(N(c2ccc(C)cc2)c2ccc(OCCC(C)(c3ccc(O)c(C)c3)c3ccc(O)c(C)c3)cc2)cc1. The van der Waals surface area contributed by atoms with Crippen molar-refractivity contribution in [3.8, 4) is 17.2 Å². The van der Waals surface area contributed by atoms with E-state index in [-0.39, 0.29) is 16.9 Å². The van der Waals surface area contributed by atoms with Crippen LogP contribution in [0.1, 0.15) is 46.7 Å². The number of phenols is 2. The van der Waals surface area contributed by atoms with Crippen LogP contribution in [0.5, 0.6) is 17.2 Å². The molecular formula is C38H39NO3. The summed E-state index contributed by atoms with van der Waals surface area (Å²) in [6.45, 7) is 10.7. The third-order valence-corrected chi connectivity index (χ3v) is 8.22. The number of rotatable bonds is 9. The first-order chi connectivity index (χ1) is 20.1. The summed E-state index contributed by atoms with van der Waals surface area (Å²) in [5.74, 6) is 1.37. The monoisotopic (exact) mass is 557 g/mol. The van der Waals surface area contributed by atoms with Gasteiger partial charge in [-0.3, -0.25) is 0 Å². The van der Waals surface area contributed by atoms with Crippen LogP contribution in [0.15, 0.2) is 109 Å². The van der Waals surface area contributed by atoms with Crippen LogP contribution in [-0.2, 0) is 5.41 Å². The number of nitrogens with zero attached hydrogens (tertiary/aromatic N) is 1. The first-order valence-corrected chi connectivity index (χ1v) is 14.4. The number of benzene rings is 5. The lowest BCUT2D eigenvalue weighted by Crippen LogP contribution is -2.26. The van der Waals surface area contributed by atoms with Crippen LogP contribution < -0.4 is 9.64 Å². The van der Waals surface area contributed by atoms with Gasteiger partial charge in [-0.15, -0.1) is 0 Å².